The molecule has 13 nitrogen and oxygen atoms in total. The topological polar surface area (TPSA) is 196 Å². The zero-order chi connectivity index (χ0) is 17.4. The molecule has 0 bridgehead atoms. The fourth-order valence-corrected chi connectivity index (χ4v) is 1.49. The molecule has 0 fully saturated rings. The van der Waals surface area contributed by atoms with E-state index in [1.807, 2.05) is 10.6 Å². The SMILES string of the molecule is Cn1ncc(NC(=O)NCCNC(NC(=O)O)NC(=O)O)c1N. The fourth-order valence-electron chi connectivity index (χ4n) is 1.49. The number of hydrogen-bond acceptors (Lipinski definition) is 6. The predicted octanol–water partition coefficient (Wildman–Crippen LogP) is -1.47. The van der Waals surface area contributed by atoms with Gasteiger partial charge in [0.1, 0.15) is 11.5 Å². The molecule has 0 atom stereocenters. The number of nitrogens with two attached hydrogens (primary N) is 1. The highest BCUT2D eigenvalue weighted by atomic mass is 16.4. The molecule has 0 saturated heterocycles. The van der Waals surface area contributed by atoms with E-state index in [4.69, 9.17) is 15.9 Å². The van der Waals surface area contributed by atoms with Gasteiger partial charge in [-0.3, -0.25) is 20.6 Å². The number of amides is 4. The molecular weight excluding hydrogens is 312 g/mol. The monoisotopic (exact) mass is 330 g/mol. The Morgan fingerprint density at radius 1 is 1.26 bits per heavy atom. The Kier molecular flexibility index (Phi) is 6.42. The van der Waals surface area contributed by atoms with Gasteiger partial charge in [0.2, 0.25) is 0 Å². The third-order valence-electron chi connectivity index (χ3n) is 2.53. The van der Waals surface area contributed by atoms with Crippen LogP contribution < -0.4 is 32.3 Å². The minimum atomic E-state index is -1.41. The summed E-state index contributed by atoms with van der Waals surface area (Å²) in [6, 6.07) is -0.541. The van der Waals surface area contributed by atoms with Gasteiger partial charge < -0.3 is 26.6 Å². The van der Waals surface area contributed by atoms with Crippen LogP contribution >= 0.6 is 0 Å². The Balaban J connectivity index is 2.31. The predicted molar refractivity (Wildman–Crippen MR) is 78.8 cm³/mol. The first kappa shape index (κ1) is 17.8. The van der Waals surface area contributed by atoms with Crippen LogP contribution in [0.5, 0.6) is 0 Å². The van der Waals surface area contributed by atoms with Crippen molar-refractivity contribution in [1.29, 1.82) is 0 Å². The van der Waals surface area contributed by atoms with E-state index in [2.05, 4.69) is 21.0 Å². The maximum absolute atomic E-state index is 11.6. The molecule has 0 saturated carbocycles. The first-order valence-electron chi connectivity index (χ1n) is 6.34. The van der Waals surface area contributed by atoms with E-state index in [0.29, 0.717) is 5.69 Å². The van der Waals surface area contributed by atoms with E-state index in [0.717, 1.165) is 0 Å². The quantitative estimate of drug-likeness (QED) is 0.219. The number of carbonyl (C=O) groups is 3. The van der Waals surface area contributed by atoms with Crippen LogP contribution in [-0.2, 0) is 7.05 Å². The Morgan fingerprint density at radius 2 is 1.87 bits per heavy atom. The van der Waals surface area contributed by atoms with E-state index >= 15 is 0 Å². The summed E-state index contributed by atoms with van der Waals surface area (Å²) in [5.41, 5.74) is 6.00. The molecule has 13 heteroatoms. The van der Waals surface area contributed by atoms with Crippen LogP contribution in [0.15, 0.2) is 6.20 Å². The van der Waals surface area contributed by atoms with Gasteiger partial charge >= 0.3 is 18.2 Å². The van der Waals surface area contributed by atoms with Crippen LogP contribution in [0.2, 0.25) is 0 Å². The zero-order valence-corrected chi connectivity index (χ0v) is 12.2. The first-order valence-corrected chi connectivity index (χ1v) is 6.34. The minimum Gasteiger partial charge on any atom is -0.465 e. The van der Waals surface area contributed by atoms with Crippen molar-refractivity contribution in [3.8, 4) is 0 Å². The number of nitrogen functional groups attached to an aromatic ring is 1. The highest BCUT2D eigenvalue weighted by Gasteiger charge is 2.13. The molecule has 0 spiro atoms. The van der Waals surface area contributed by atoms with Gasteiger partial charge in [-0.15, -0.1) is 0 Å². The summed E-state index contributed by atoms with van der Waals surface area (Å²) in [5.74, 6) is 0.287. The van der Waals surface area contributed by atoms with Gasteiger partial charge in [0, 0.05) is 20.1 Å². The standard InChI is InChI=1S/C10H18N8O5/c1-18-6(11)5(4-14-18)15-8(19)13-3-2-12-7(16-9(20)21)17-10(22)23/h4,7,12,16-17H,2-3,11H2,1H3,(H,20,21)(H,22,23)(H2,13,15,19). The average Bonchev–Trinajstić information content (AvgIpc) is 2.74. The Morgan fingerprint density at radius 3 is 2.35 bits per heavy atom. The lowest BCUT2D eigenvalue weighted by Gasteiger charge is -2.18. The van der Waals surface area contributed by atoms with Gasteiger partial charge in [-0.25, -0.2) is 14.4 Å². The highest BCUT2D eigenvalue weighted by molar-refractivity contribution is 5.91. The summed E-state index contributed by atoms with van der Waals surface area (Å²) in [6.45, 7) is 0.201. The summed E-state index contributed by atoms with van der Waals surface area (Å²) in [5, 5.41) is 32.3. The van der Waals surface area contributed by atoms with Gasteiger partial charge in [-0.1, -0.05) is 0 Å². The fraction of sp³-hybridized carbons (Fsp3) is 0.400. The molecule has 4 amide bonds. The van der Waals surface area contributed by atoms with Crippen molar-refractivity contribution >= 4 is 29.7 Å². The van der Waals surface area contributed by atoms with Crippen molar-refractivity contribution in [2.45, 2.75) is 6.29 Å². The first-order chi connectivity index (χ1) is 10.8. The Bertz CT molecular complexity index is 558. The molecule has 9 N–H and O–H groups in total. The maximum Gasteiger partial charge on any atom is 0.407 e. The van der Waals surface area contributed by atoms with Crippen molar-refractivity contribution in [3.05, 3.63) is 6.20 Å². The number of aromatic nitrogens is 2. The Hall–Kier alpha value is -3.22. The molecule has 1 aromatic heterocycles. The number of rotatable bonds is 7. The normalized spacial score (nSPS) is 10.2. The zero-order valence-electron chi connectivity index (χ0n) is 12.2. The van der Waals surface area contributed by atoms with Gasteiger partial charge in [-0.2, -0.15) is 5.10 Å². The second-order valence-corrected chi connectivity index (χ2v) is 4.23. The molecule has 0 aliphatic carbocycles. The number of hydrogen-bond donors (Lipinski definition) is 8. The third kappa shape index (κ3) is 6.38. The molecule has 0 aromatic carbocycles. The van der Waals surface area contributed by atoms with Crippen molar-refractivity contribution < 1.29 is 24.6 Å². The largest absolute Gasteiger partial charge is 0.465 e. The molecule has 1 heterocycles. The molecule has 0 aliphatic heterocycles. The number of nitrogens with zero attached hydrogens (tertiary/aromatic N) is 2. The van der Waals surface area contributed by atoms with E-state index in [1.54, 1.807) is 7.05 Å². The summed E-state index contributed by atoms with van der Waals surface area (Å²) in [7, 11) is 1.62. The third-order valence-corrected chi connectivity index (χ3v) is 2.53. The second-order valence-electron chi connectivity index (χ2n) is 4.23. The second kappa shape index (κ2) is 8.28. The van der Waals surface area contributed by atoms with Crippen molar-refractivity contribution in [2.24, 2.45) is 7.05 Å². The highest BCUT2D eigenvalue weighted by Crippen LogP contribution is 2.14. The minimum absolute atomic E-state index is 0.0984. The van der Waals surface area contributed by atoms with E-state index in [1.165, 1.54) is 10.9 Å². The molecule has 0 radical (unpaired) electrons. The number of anilines is 2. The van der Waals surface area contributed by atoms with Crippen LogP contribution in [0.3, 0.4) is 0 Å². The van der Waals surface area contributed by atoms with Crippen molar-refractivity contribution in [2.75, 3.05) is 24.1 Å². The maximum atomic E-state index is 11.6. The smallest absolute Gasteiger partial charge is 0.407 e. The van der Waals surface area contributed by atoms with Gasteiger partial charge in [0.25, 0.3) is 0 Å². The summed E-state index contributed by atoms with van der Waals surface area (Å²) < 4.78 is 1.39. The summed E-state index contributed by atoms with van der Waals surface area (Å²) >= 11 is 0. The van der Waals surface area contributed by atoms with E-state index < -0.39 is 24.5 Å². The molecule has 0 unspecified atom stereocenters. The Labute approximate surface area is 130 Å². The van der Waals surface area contributed by atoms with Gasteiger partial charge in [0.05, 0.1) is 6.20 Å². The average molecular weight is 330 g/mol. The molecule has 0 aliphatic rings. The van der Waals surface area contributed by atoms with Gasteiger partial charge in [-0.05, 0) is 0 Å². The molecule has 1 aromatic rings. The van der Waals surface area contributed by atoms with E-state index in [-0.39, 0.29) is 18.9 Å². The lowest BCUT2D eigenvalue weighted by atomic mass is 10.5. The lowest BCUT2D eigenvalue weighted by Crippen LogP contribution is -2.57. The number of aryl methyl sites for hydroxylation is 1. The number of urea groups is 1. The number of carbonyl (C=O) groups excluding carboxylic acids is 1. The molecule has 128 valence electrons. The number of carboxylic acid groups (broad SMARTS) is 2. The summed E-state index contributed by atoms with van der Waals surface area (Å²) in [6.07, 6.45) is -2.64. The molecule has 23 heavy (non-hydrogen) atoms. The van der Waals surface area contributed by atoms with Crippen molar-refractivity contribution in [1.82, 2.24) is 31.0 Å². The molecular formula is C10H18N8O5. The molecule has 1 rings (SSSR count). The van der Waals surface area contributed by atoms with Crippen LogP contribution in [0, 0.1) is 0 Å². The van der Waals surface area contributed by atoms with Crippen LogP contribution in [0.1, 0.15) is 0 Å². The van der Waals surface area contributed by atoms with Crippen molar-refractivity contribution in [3.63, 3.8) is 0 Å². The van der Waals surface area contributed by atoms with Crippen LogP contribution in [-0.4, -0.2) is 57.6 Å². The van der Waals surface area contributed by atoms with Crippen LogP contribution in [0.25, 0.3) is 0 Å². The summed E-state index contributed by atoms with van der Waals surface area (Å²) in [4.78, 5) is 32.6. The lowest BCUT2D eigenvalue weighted by molar-refractivity contribution is 0.171. The van der Waals surface area contributed by atoms with Gasteiger partial charge in [0.15, 0.2) is 6.29 Å². The van der Waals surface area contributed by atoms with Crippen LogP contribution in [0.4, 0.5) is 25.9 Å². The van der Waals surface area contributed by atoms with E-state index in [9.17, 15) is 14.4 Å². The number of nitrogens with one attached hydrogen (secondary N) is 5.